The number of carbonyl (C=O) groups is 1. The smallest absolute Gasteiger partial charge is 0.344 e. The van der Waals surface area contributed by atoms with Crippen molar-refractivity contribution in [1.82, 2.24) is 30.2 Å². The lowest BCUT2D eigenvalue weighted by molar-refractivity contribution is -0.192. The number of hydrogen-bond donors (Lipinski definition) is 5. The van der Waals surface area contributed by atoms with Gasteiger partial charge >= 0.3 is 5.97 Å². The molecule has 4 heterocycles. The molecule has 1 aliphatic heterocycles. The summed E-state index contributed by atoms with van der Waals surface area (Å²) in [7, 11) is 0. The summed E-state index contributed by atoms with van der Waals surface area (Å²) in [6.45, 7) is 4.66. The number of thiophene rings is 1. The molecule has 3 aliphatic rings. The van der Waals surface area contributed by atoms with E-state index in [1.54, 1.807) is 12.1 Å². The summed E-state index contributed by atoms with van der Waals surface area (Å²) in [6, 6.07) is 16.0. The van der Waals surface area contributed by atoms with Crippen LogP contribution in [0.2, 0.25) is 0 Å². The third kappa shape index (κ3) is 7.25. The fourth-order valence-electron chi connectivity index (χ4n) is 8.95. The number of aromatic hydroxyl groups is 1. The number of ether oxygens (including phenoxy) is 1. The molecule has 2 aliphatic carbocycles. The van der Waals surface area contributed by atoms with E-state index in [1.165, 1.54) is 23.5 Å². The third-order valence-corrected chi connectivity index (χ3v) is 13.0. The Bertz CT molecular complexity index is 2110. The van der Waals surface area contributed by atoms with Crippen molar-refractivity contribution < 1.29 is 24.9 Å². The minimum Gasteiger partial charge on any atom is -0.506 e. The summed E-state index contributed by atoms with van der Waals surface area (Å²) in [4.78, 5) is 31.0. The Morgan fingerprint density at radius 3 is 2.68 bits per heavy atom. The number of hydrogen-bond acceptors (Lipinski definition) is 11. The molecule has 5 N–H and O–H groups in total. The number of aromatic amines is 1. The lowest BCUT2D eigenvalue weighted by atomic mass is 9.61. The van der Waals surface area contributed by atoms with Crippen molar-refractivity contribution in [2.24, 2.45) is 11.3 Å². The molecule has 12 nitrogen and oxygen atoms in total. The quantitative estimate of drug-likeness (QED) is 0.102. The van der Waals surface area contributed by atoms with Crippen molar-refractivity contribution in [3.8, 4) is 5.75 Å². The molecular weight excluding hydrogens is 693 g/mol. The highest BCUT2D eigenvalue weighted by Gasteiger charge is 2.53. The minimum atomic E-state index is -1.52. The van der Waals surface area contributed by atoms with Crippen LogP contribution in [0.4, 0.5) is 0 Å². The van der Waals surface area contributed by atoms with Crippen LogP contribution in [0.1, 0.15) is 79.9 Å². The van der Waals surface area contributed by atoms with Crippen LogP contribution in [0, 0.1) is 11.3 Å². The Balaban J connectivity index is 0.771. The van der Waals surface area contributed by atoms with E-state index in [1.807, 2.05) is 40.4 Å². The number of benzene rings is 2. The van der Waals surface area contributed by atoms with Gasteiger partial charge in [-0.3, -0.25) is 4.79 Å². The number of phenols is 1. The van der Waals surface area contributed by atoms with Gasteiger partial charge < -0.3 is 35.3 Å². The second-order valence-corrected chi connectivity index (χ2v) is 16.4. The van der Waals surface area contributed by atoms with Gasteiger partial charge in [-0.25, -0.2) is 9.48 Å². The van der Waals surface area contributed by atoms with Gasteiger partial charge in [0.2, 0.25) is 5.56 Å². The Morgan fingerprint density at radius 1 is 1.09 bits per heavy atom. The molecule has 0 radical (unpaired) electrons. The highest BCUT2D eigenvalue weighted by Crippen LogP contribution is 2.51. The zero-order valence-corrected chi connectivity index (χ0v) is 30.7. The average molecular weight is 741 g/mol. The molecule has 0 bridgehead atoms. The van der Waals surface area contributed by atoms with Gasteiger partial charge in [0.15, 0.2) is 5.60 Å². The van der Waals surface area contributed by atoms with Crippen LogP contribution in [0.3, 0.4) is 0 Å². The zero-order valence-electron chi connectivity index (χ0n) is 29.9. The predicted octanol–water partition coefficient (Wildman–Crippen LogP) is 5.12. The summed E-state index contributed by atoms with van der Waals surface area (Å²) >= 11 is 1.44. The monoisotopic (exact) mass is 740 g/mol. The molecule has 280 valence electrons. The van der Waals surface area contributed by atoms with Gasteiger partial charge in [-0.05, 0) is 117 Å². The van der Waals surface area contributed by atoms with E-state index >= 15 is 0 Å². The first-order chi connectivity index (χ1) is 25.7. The number of aromatic nitrogens is 4. The van der Waals surface area contributed by atoms with Gasteiger partial charge in [-0.15, -0.1) is 16.4 Å². The summed E-state index contributed by atoms with van der Waals surface area (Å²) in [6.07, 6.45) is 7.83. The maximum absolute atomic E-state index is 13.4. The van der Waals surface area contributed by atoms with E-state index < -0.39 is 17.7 Å². The minimum absolute atomic E-state index is 0.0349. The van der Waals surface area contributed by atoms with Crippen molar-refractivity contribution in [2.45, 2.75) is 88.7 Å². The SMILES string of the molecule is O=C(OC1CC2(CCN(CCCn3nnc4cc(CNCC(O)c5ccc(O)c6[nH]c(=O)ccc56)ccc43)CC2)C1)C(O)(c1cccs1)C1CCCC1. The Labute approximate surface area is 311 Å². The van der Waals surface area contributed by atoms with Gasteiger partial charge in [0, 0.05) is 41.9 Å². The van der Waals surface area contributed by atoms with Crippen molar-refractivity contribution in [3.05, 3.63) is 86.3 Å². The number of likely N-dealkylation sites (tertiary alicyclic amines) is 1. The predicted molar refractivity (Wildman–Crippen MR) is 202 cm³/mol. The first-order valence-electron chi connectivity index (χ1n) is 19.0. The second-order valence-electron chi connectivity index (χ2n) is 15.4. The van der Waals surface area contributed by atoms with Gasteiger partial charge in [0.05, 0.1) is 17.1 Å². The molecule has 2 saturated carbocycles. The van der Waals surface area contributed by atoms with E-state index in [-0.39, 0.29) is 35.3 Å². The number of nitrogens with zero attached hydrogens (tertiary/aromatic N) is 4. The first kappa shape index (κ1) is 35.9. The number of pyridine rings is 1. The van der Waals surface area contributed by atoms with Crippen molar-refractivity contribution in [1.29, 1.82) is 0 Å². The summed E-state index contributed by atoms with van der Waals surface area (Å²) in [5, 5.41) is 47.4. The number of fused-ring (bicyclic) bond motifs is 2. The molecule has 1 spiro atoms. The number of carbonyl (C=O) groups excluding carboxylic acids is 1. The third-order valence-electron chi connectivity index (χ3n) is 12.0. The van der Waals surface area contributed by atoms with Crippen LogP contribution in [0.25, 0.3) is 21.9 Å². The van der Waals surface area contributed by atoms with Gasteiger partial charge in [0.1, 0.15) is 17.4 Å². The zero-order chi connectivity index (χ0) is 36.6. The topological polar surface area (TPSA) is 166 Å². The van der Waals surface area contributed by atoms with E-state index in [0.717, 1.165) is 101 Å². The molecule has 8 rings (SSSR count). The first-order valence-corrected chi connectivity index (χ1v) is 19.8. The number of H-pyrrole nitrogens is 1. The lowest BCUT2D eigenvalue weighted by Crippen LogP contribution is -2.52. The van der Waals surface area contributed by atoms with Crippen molar-refractivity contribution in [3.63, 3.8) is 0 Å². The van der Waals surface area contributed by atoms with Crippen molar-refractivity contribution in [2.75, 3.05) is 26.2 Å². The summed E-state index contributed by atoms with van der Waals surface area (Å²) in [5.41, 5.74) is 2.19. The molecule has 2 atom stereocenters. The maximum Gasteiger partial charge on any atom is 0.344 e. The molecule has 2 aromatic carbocycles. The van der Waals surface area contributed by atoms with Gasteiger partial charge in [-0.1, -0.05) is 36.3 Å². The lowest BCUT2D eigenvalue weighted by Gasteiger charge is -2.52. The number of rotatable bonds is 13. The summed E-state index contributed by atoms with van der Waals surface area (Å²) < 4.78 is 7.98. The van der Waals surface area contributed by atoms with Crippen LogP contribution in [0.15, 0.2) is 64.8 Å². The average Bonchev–Trinajstić information content (AvgIpc) is 3.96. The van der Waals surface area contributed by atoms with E-state index in [0.29, 0.717) is 27.9 Å². The Hall–Kier alpha value is -4.14. The molecule has 13 heteroatoms. The molecule has 3 fully saturated rings. The highest BCUT2D eigenvalue weighted by atomic mass is 32.1. The number of aryl methyl sites for hydroxylation is 1. The van der Waals surface area contributed by atoms with Crippen LogP contribution in [0.5, 0.6) is 5.75 Å². The second kappa shape index (κ2) is 14.9. The van der Waals surface area contributed by atoms with Crippen LogP contribution >= 0.6 is 11.3 Å². The van der Waals surface area contributed by atoms with Crippen molar-refractivity contribution >= 4 is 39.2 Å². The fourth-order valence-corrected chi connectivity index (χ4v) is 9.84. The number of aliphatic hydroxyl groups is 2. The number of phenolic OH excluding ortho intramolecular Hbond substituents is 1. The van der Waals surface area contributed by atoms with Crippen LogP contribution in [-0.4, -0.2) is 78.4 Å². The largest absolute Gasteiger partial charge is 0.506 e. The Kier molecular flexibility index (Phi) is 10.1. The van der Waals surface area contributed by atoms with Crippen LogP contribution < -0.4 is 10.9 Å². The van der Waals surface area contributed by atoms with Gasteiger partial charge in [0.25, 0.3) is 0 Å². The molecule has 1 saturated heterocycles. The summed E-state index contributed by atoms with van der Waals surface area (Å²) in [5.74, 6) is -0.549. The highest BCUT2D eigenvalue weighted by molar-refractivity contribution is 7.10. The molecule has 53 heavy (non-hydrogen) atoms. The number of esters is 1. The van der Waals surface area contributed by atoms with Gasteiger partial charge in [-0.2, -0.15) is 0 Å². The fraction of sp³-hybridized carbons (Fsp3) is 0.500. The normalized spacial score (nSPS) is 19.8. The van der Waals surface area contributed by atoms with E-state index in [4.69, 9.17) is 4.74 Å². The standard InChI is InChI=1S/C40H48N6O6S/c47-33-12-9-29(30-10-13-36(49)42-37(30)33)34(48)25-41-24-26-8-11-32-31(21-26)43-44-46(32)17-4-16-45-18-14-39(15-19-45)22-28(23-39)52-38(50)40(51,27-5-1-2-6-27)35-7-3-20-53-35/h3,7-13,20-21,27-28,34,41,47-48,51H,1-2,4-6,14-19,22-25H2,(H,42,49). The molecule has 5 aromatic rings. The molecule has 3 aromatic heterocycles. The molecule has 0 amide bonds. The molecule has 2 unspecified atom stereocenters. The molecular formula is C40H48N6O6S. The van der Waals surface area contributed by atoms with E-state index in [9.17, 15) is 24.9 Å². The number of piperidine rings is 1. The number of nitrogens with one attached hydrogen (secondary N) is 2. The van der Waals surface area contributed by atoms with Crippen LogP contribution in [-0.2, 0) is 28.2 Å². The Morgan fingerprint density at radius 2 is 1.91 bits per heavy atom. The van der Waals surface area contributed by atoms with E-state index in [2.05, 4.69) is 25.5 Å². The number of aliphatic hydroxyl groups excluding tert-OH is 1. The maximum atomic E-state index is 13.4.